The molecule has 0 aliphatic rings. The van der Waals surface area contributed by atoms with E-state index in [1.54, 1.807) is 11.3 Å². The molecule has 2 heterocycles. The van der Waals surface area contributed by atoms with Crippen LogP contribution in [0.4, 0.5) is 5.69 Å². The number of carbonyl (C=O) groups is 2. The highest BCUT2D eigenvalue weighted by Gasteiger charge is 2.19. The van der Waals surface area contributed by atoms with E-state index in [-0.39, 0.29) is 17.9 Å². The molecule has 3 aromatic rings. The summed E-state index contributed by atoms with van der Waals surface area (Å²) in [4.78, 5) is 25.9. The van der Waals surface area contributed by atoms with Gasteiger partial charge in [-0.05, 0) is 42.8 Å². The highest BCUT2D eigenvalue weighted by molar-refractivity contribution is 7.13. The van der Waals surface area contributed by atoms with Crippen LogP contribution in [0.15, 0.2) is 41.8 Å². The lowest BCUT2D eigenvalue weighted by molar-refractivity contribution is -0.122. The Morgan fingerprint density at radius 2 is 1.87 bits per heavy atom. The zero-order valence-electron chi connectivity index (χ0n) is 17.3. The summed E-state index contributed by atoms with van der Waals surface area (Å²) >= 11 is 2.93. The van der Waals surface area contributed by atoms with E-state index in [2.05, 4.69) is 40.7 Å². The normalized spacial score (nSPS) is 12.0. The van der Waals surface area contributed by atoms with Crippen LogP contribution < -0.4 is 10.6 Å². The third kappa shape index (κ3) is 6.21. The third-order valence-corrected chi connectivity index (χ3v) is 6.54. The molecule has 2 aromatic heterocycles. The number of aryl methyl sites for hydroxylation is 2. The zero-order chi connectivity index (χ0) is 21.5. The number of carbonyl (C=O) groups excluding carboxylic acids is 2. The lowest BCUT2D eigenvalue weighted by Gasteiger charge is -2.21. The number of nitrogens with zero attached hydrogens (tertiary/aromatic N) is 2. The van der Waals surface area contributed by atoms with Crippen LogP contribution >= 0.6 is 22.7 Å². The van der Waals surface area contributed by atoms with E-state index in [1.165, 1.54) is 16.2 Å². The number of anilines is 1. The highest BCUT2D eigenvalue weighted by Crippen LogP contribution is 2.26. The van der Waals surface area contributed by atoms with Gasteiger partial charge < -0.3 is 10.6 Å². The minimum atomic E-state index is -0.268. The van der Waals surface area contributed by atoms with E-state index < -0.39 is 0 Å². The molecule has 3 rings (SSSR count). The van der Waals surface area contributed by atoms with Crippen LogP contribution in [-0.4, -0.2) is 22.0 Å². The predicted octanol–water partition coefficient (Wildman–Crippen LogP) is 5.00. The van der Waals surface area contributed by atoms with E-state index in [9.17, 15) is 9.59 Å². The second kappa shape index (κ2) is 10.4. The molecule has 0 saturated carbocycles. The quantitative estimate of drug-likeness (QED) is 0.489. The van der Waals surface area contributed by atoms with Crippen molar-refractivity contribution in [3.05, 3.63) is 62.2 Å². The fourth-order valence-corrected chi connectivity index (χ4v) is 4.67. The van der Waals surface area contributed by atoms with Gasteiger partial charge in [-0.25, -0.2) is 0 Å². The molecule has 0 aliphatic heterocycles. The van der Waals surface area contributed by atoms with E-state index in [4.69, 9.17) is 0 Å². The summed E-state index contributed by atoms with van der Waals surface area (Å²) in [6, 6.07) is 11.7. The third-order valence-electron chi connectivity index (χ3n) is 4.60. The summed E-state index contributed by atoms with van der Waals surface area (Å²) in [7, 11) is 0. The Morgan fingerprint density at radius 1 is 1.10 bits per heavy atom. The molecule has 0 aliphatic carbocycles. The molecule has 8 heteroatoms. The molecule has 30 heavy (non-hydrogen) atoms. The first-order valence-electron chi connectivity index (χ1n) is 9.95. The van der Waals surface area contributed by atoms with Crippen LogP contribution in [0.2, 0.25) is 0 Å². The van der Waals surface area contributed by atoms with Crippen molar-refractivity contribution in [1.82, 2.24) is 15.5 Å². The lowest BCUT2D eigenvalue weighted by Crippen LogP contribution is -2.31. The second-order valence-electron chi connectivity index (χ2n) is 7.48. The van der Waals surface area contributed by atoms with Crippen LogP contribution in [0.25, 0.3) is 0 Å². The molecule has 158 valence electrons. The molecule has 0 radical (unpaired) electrons. The predicted molar refractivity (Wildman–Crippen MR) is 122 cm³/mol. The first-order valence-corrected chi connectivity index (χ1v) is 11.6. The van der Waals surface area contributed by atoms with E-state index in [0.29, 0.717) is 30.2 Å². The monoisotopic (exact) mass is 442 g/mol. The number of thiophene rings is 1. The molecule has 2 amide bonds. The van der Waals surface area contributed by atoms with Crippen LogP contribution in [-0.2, 0) is 11.2 Å². The molecule has 0 bridgehead atoms. The molecule has 2 N–H and O–H groups in total. The van der Waals surface area contributed by atoms with Gasteiger partial charge in [0.25, 0.3) is 5.91 Å². The van der Waals surface area contributed by atoms with Crippen LogP contribution in [0.1, 0.15) is 58.0 Å². The zero-order valence-corrected chi connectivity index (χ0v) is 19.0. The number of hydrogen-bond acceptors (Lipinski definition) is 6. The minimum absolute atomic E-state index is 0.0314. The van der Waals surface area contributed by atoms with E-state index >= 15 is 0 Å². The van der Waals surface area contributed by atoms with Gasteiger partial charge in [-0.2, -0.15) is 0 Å². The molecule has 0 spiro atoms. The number of amides is 2. The van der Waals surface area contributed by atoms with E-state index in [1.807, 2.05) is 42.6 Å². The van der Waals surface area contributed by atoms with Crippen molar-refractivity contribution in [2.45, 2.75) is 46.1 Å². The van der Waals surface area contributed by atoms with Gasteiger partial charge in [0.1, 0.15) is 5.01 Å². The maximum Gasteiger partial charge on any atom is 0.286 e. The Labute approximate surface area is 184 Å². The Hall–Kier alpha value is -2.58. The standard InChI is InChI=1S/C22H26N4O2S2/c1-14(2)20(17-6-5-13-29-17)24-18(27)7-4-8-19-25-26-22(30-19)21(28)23-16-11-9-15(3)10-12-16/h5-6,9-14,20H,4,7-8H2,1-3H3,(H,23,28)(H,24,27)/t20-/m0/s1. The largest absolute Gasteiger partial charge is 0.348 e. The van der Waals surface area contributed by atoms with Gasteiger partial charge in [0, 0.05) is 23.4 Å². The Bertz CT molecular complexity index is 965. The minimum Gasteiger partial charge on any atom is -0.348 e. The Kier molecular flexibility index (Phi) is 7.70. The summed E-state index contributed by atoms with van der Waals surface area (Å²) < 4.78 is 0. The van der Waals surface area contributed by atoms with Gasteiger partial charge in [0.05, 0.1) is 6.04 Å². The van der Waals surface area contributed by atoms with Crippen molar-refractivity contribution in [3.63, 3.8) is 0 Å². The molecular formula is C22H26N4O2S2. The van der Waals surface area contributed by atoms with E-state index in [0.717, 1.165) is 16.3 Å². The molecule has 1 aromatic carbocycles. The smallest absolute Gasteiger partial charge is 0.286 e. The summed E-state index contributed by atoms with van der Waals surface area (Å²) in [6.45, 7) is 6.21. The second-order valence-corrected chi connectivity index (χ2v) is 9.52. The topological polar surface area (TPSA) is 84.0 Å². The maximum absolute atomic E-state index is 12.4. The molecule has 1 atom stereocenters. The first kappa shape index (κ1) is 22.1. The number of benzene rings is 1. The first-order chi connectivity index (χ1) is 14.4. The average molecular weight is 443 g/mol. The molecule has 0 saturated heterocycles. The average Bonchev–Trinajstić information content (AvgIpc) is 3.40. The summed E-state index contributed by atoms with van der Waals surface area (Å²) in [6.07, 6.45) is 1.70. The van der Waals surface area contributed by atoms with Crippen molar-refractivity contribution < 1.29 is 9.59 Å². The van der Waals surface area contributed by atoms with Gasteiger partial charge in [0.15, 0.2) is 0 Å². The van der Waals surface area contributed by atoms with Gasteiger partial charge in [-0.1, -0.05) is 48.9 Å². The van der Waals surface area contributed by atoms with Crippen molar-refractivity contribution in [2.24, 2.45) is 5.92 Å². The summed E-state index contributed by atoms with van der Waals surface area (Å²) in [5.41, 5.74) is 1.86. The number of nitrogens with one attached hydrogen (secondary N) is 2. The lowest BCUT2D eigenvalue weighted by atomic mass is 10.0. The Balaban J connectivity index is 1.46. The van der Waals surface area contributed by atoms with Crippen molar-refractivity contribution in [2.75, 3.05) is 5.32 Å². The van der Waals surface area contributed by atoms with Crippen molar-refractivity contribution in [1.29, 1.82) is 0 Å². The van der Waals surface area contributed by atoms with Crippen LogP contribution in [0.3, 0.4) is 0 Å². The van der Waals surface area contributed by atoms with Gasteiger partial charge in [0.2, 0.25) is 10.9 Å². The number of aromatic nitrogens is 2. The molecule has 0 unspecified atom stereocenters. The fraction of sp³-hybridized carbons (Fsp3) is 0.364. The highest BCUT2D eigenvalue weighted by atomic mass is 32.1. The molecule has 0 fully saturated rings. The molecular weight excluding hydrogens is 416 g/mol. The van der Waals surface area contributed by atoms with Gasteiger partial charge >= 0.3 is 0 Å². The Morgan fingerprint density at radius 3 is 2.53 bits per heavy atom. The van der Waals surface area contributed by atoms with Gasteiger partial charge in [-0.3, -0.25) is 9.59 Å². The SMILES string of the molecule is Cc1ccc(NC(=O)c2nnc(CCCC(=O)N[C@H](c3cccs3)C(C)C)s2)cc1. The van der Waals surface area contributed by atoms with Crippen molar-refractivity contribution >= 4 is 40.2 Å². The van der Waals surface area contributed by atoms with Crippen molar-refractivity contribution in [3.8, 4) is 0 Å². The number of hydrogen-bond donors (Lipinski definition) is 2. The molecule has 6 nitrogen and oxygen atoms in total. The number of rotatable bonds is 9. The summed E-state index contributed by atoms with van der Waals surface area (Å²) in [5, 5.41) is 17.2. The maximum atomic E-state index is 12.4. The van der Waals surface area contributed by atoms with Gasteiger partial charge in [-0.15, -0.1) is 21.5 Å². The fourth-order valence-electron chi connectivity index (χ4n) is 2.95. The van der Waals surface area contributed by atoms with Crippen LogP contribution in [0, 0.1) is 12.8 Å². The summed E-state index contributed by atoms with van der Waals surface area (Å²) in [5.74, 6) is 0.0883. The van der Waals surface area contributed by atoms with Crippen LogP contribution in [0.5, 0.6) is 0 Å².